The van der Waals surface area contributed by atoms with E-state index in [-0.39, 0.29) is 11.3 Å². The summed E-state index contributed by atoms with van der Waals surface area (Å²) in [5.74, 6) is 0. The lowest BCUT2D eigenvalue weighted by molar-refractivity contribution is 0.288. The van der Waals surface area contributed by atoms with E-state index in [1.165, 1.54) is 5.56 Å². The lowest BCUT2D eigenvalue weighted by Gasteiger charge is -1.96. The minimum Gasteiger partial charge on any atom is -0.396 e. The molecule has 0 fully saturated rings. The molecule has 0 bridgehead atoms. The molecule has 0 aliphatic rings. The standard InChI is InChI=1S/C9H12O.FH/c10-8-4-7-9-5-2-1-3-6-9;/h1-3,5-6,10H,4,7-8H2;1H. The van der Waals surface area contributed by atoms with E-state index >= 15 is 0 Å². The summed E-state index contributed by atoms with van der Waals surface area (Å²) in [5, 5.41) is 8.53. The maximum atomic E-state index is 8.53. The molecule has 11 heavy (non-hydrogen) atoms. The number of rotatable bonds is 3. The Morgan fingerprint density at radius 2 is 1.73 bits per heavy atom. The van der Waals surface area contributed by atoms with Crippen molar-refractivity contribution in [3.8, 4) is 0 Å². The van der Waals surface area contributed by atoms with Gasteiger partial charge < -0.3 is 5.11 Å². The number of benzene rings is 1. The second-order valence-corrected chi connectivity index (χ2v) is 2.31. The molecule has 0 saturated heterocycles. The predicted octanol–water partition coefficient (Wildman–Crippen LogP) is 1.76. The van der Waals surface area contributed by atoms with Crippen molar-refractivity contribution >= 4 is 0 Å². The first-order chi connectivity index (χ1) is 4.93. The summed E-state index contributed by atoms with van der Waals surface area (Å²) in [4.78, 5) is 0. The van der Waals surface area contributed by atoms with E-state index in [4.69, 9.17) is 5.11 Å². The van der Waals surface area contributed by atoms with Crippen LogP contribution in [0.15, 0.2) is 30.3 Å². The first kappa shape index (κ1) is 10.1. The Bertz CT molecular complexity index is 174. The normalized spacial score (nSPS) is 8.82. The van der Waals surface area contributed by atoms with Crippen LogP contribution >= 0.6 is 0 Å². The van der Waals surface area contributed by atoms with Gasteiger partial charge in [-0.15, -0.1) is 0 Å². The van der Waals surface area contributed by atoms with Gasteiger partial charge in [0.2, 0.25) is 0 Å². The Morgan fingerprint density at radius 3 is 2.27 bits per heavy atom. The highest BCUT2D eigenvalue weighted by molar-refractivity contribution is 5.14. The van der Waals surface area contributed by atoms with Gasteiger partial charge in [-0.3, -0.25) is 4.70 Å². The second-order valence-electron chi connectivity index (χ2n) is 2.31. The van der Waals surface area contributed by atoms with Crippen LogP contribution in [0.4, 0.5) is 4.70 Å². The molecule has 0 unspecified atom stereocenters. The van der Waals surface area contributed by atoms with Gasteiger partial charge in [0.15, 0.2) is 0 Å². The Morgan fingerprint density at radius 1 is 1.09 bits per heavy atom. The van der Waals surface area contributed by atoms with Gasteiger partial charge >= 0.3 is 0 Å². The molecule has 1 N–H and O–H groups in total. The summed E-state index contributed by atoms with van der Waals surface area (Å²) in [6, 6.07) is 10.2. The fourth-order valence-corrected chi connectivity index (χ4v) is 0.928. The summed E-state index contributed by atoms with van der Waals surface area (Å²) < 4.78 is 0. The molecule has 0 radical (unpaired) electrons. The van der Waals surface area contributed by atoms with E-state index in [9.17, 15) is 0 Å². The highest BCUT2D eigenvalue weighted by Gasteiger charge is 1.87. The monoisotopic (exact) mass is 156 g/mol. The zero-order valence-corrected chi connectivity index (χ0v) is 6.36. The van der Waals surface area contributed by atoms with Crippen LogP contribution in [0, 0.1) is 0 Å². The molecule has 1 rings (SSSR count). The van der Waals surface area contributed by atoms with Crippen molar-refractivity contribution in [2.24, 2.45) is 0 Å². The molecule has 62 valence electrons. The van der Waals surface area contributed by atoms with Crippen LogP contribution in [-0.2, 0) is 6.42 Å². The van der Waals surface area contributed by atoms with Crippen molar-refractivity contribution in [1.29, 1.82) is 0 Å². The second kappa shape index (κ2) is 5.86. The van der Waals surface area contributed by atoms with Crippen LogP contribution in [0.25, 0.3) is 0 Å². The lowest BCUT2D eigenvalue weighted by atomic mass is 10.1. The summed E-state index contributed by atoms with van der Waals surface area (Å²) in [5.41, 5.74) is 1.30. The van der Waals surface area contributed by atoms with Crippen molar-refractivity contribution in [2.45, 2.75) is 12.8 Å². The smallest absolute Gasteiger partial charge is 0.0434 e. The molecule has 0 aromatic heterocycles. The molecule has 0 aliphatic carbocycles. The minimum absolute atomic E-state index is 0. The zero-order valence-electron chi connectivity index (χ0n) is 6.36. The van der Waals surface area contributed by atoms with Crippen molar-refractivity contribution in [1.82, 2.24) is 0 Å². The molecule has 0 saturated carbocycles. The number of hydrogen-bond donors (Lipinski definition) is 1. The molecular weight excluding hydrogens is 143 g/mol. The number of halogens is 1. The largest absolute Gasteiger partial charge is 0.396 e. The van der Waals surface area contributed by atoms with Crippen LogP contribution in [0.2, 0.25) is 0 Å². The topological polar surface area (TPSA) is 20.2 Å². The maximum absolute atomic E-state index is 8.53. The van der Waals surface area contributed by atoms with Gasteiger partial charge in [-0.2, -0.15) is 0 Å². The van der Waals surface area contributed by atoms with E-state index in [1.54, 1.807) is 0 Å². The average molecular weight is 156 g/mol. The third kappa shape index (κ3) is 3.73. The Labute approximate surface area is 66.0 Å². The van der Waals surface area contributed by atoms with Crippen molar-refractivity contribution in [2.75, 3.05) is 6.61 Å². The van der Waals surface area contributed by atoms with Gasteiger partial charge in [-0.25, -0.2) is 0 Å². The van der Waals surface area contributed by atoms with E-state index in [1.807, 2.05) is 18.2 Å². The molecule has 0 aliphatic heterocycles. The molecule has 2 heteroatoms. The first-order valence-electron chi connectivity index (χ1n) is 3.58. The Kier molecular flexibility index (Phi) is 5.39. The van der Waals surface area contributed by atoms with Gasteiger partial charge in [0.1, 0.15) is 0 Å². The SMILES string of the molecule is F.OCCCc1ccccc1. The summed E-state index contributed by atoms with van der Waals surface area (Å²) in [6.07, 6.45) is 1.85. The van der Waals surface area contributed by atoms with Gasteiger partial charge in [0.05, 0.1) is 0 Å². The number of hydrogen-bond acceptors (Lipinski definition) is 1. The third-order valence-corrected chi connectivity index (χ3v) is 1.47. The molecule has 1 nitrogen and oxygen atoms in total. The van der Waals surface area contributed by atoms with Gasteiger partial charge in [-0.1, -0.05) is 30.3 Å². The Balaban J connectivity index is 0.000001000. The van der Waals surface area contributed by atoms with E-state index in [0.29, 0.717) is 0 Å². The van der Waals surface area contributed by atoms with E-state index in [2.05, 4.69) is 12.1 Å². The average Bonchev–Trinajstić information content (AvgIpc) is 2.03. The molecule has 0 amide bonds. The van der Waals surface area contributed by atoms with Gasteiger partial charge in [-0.05, 0) is 18.4 Å². The number of aliphatic hydroxyl groups is 1. The van der Waals surface area contributed by atoms with Crippen molar-refractivity contribution in [3.05, 3.63) is 35.9 Å². The summed E-state index contributed by atoms with van der Waals surface area (Å²) in [7, 11) is 0. The van der Waals surface area contributed by atoms with Crippen LogP contribution in [0.5, 0.6) is 0 Å². The van der Waals surface area contributed by atoms with Gasteiger partial charge in [0, 0.05) is 6.61 Å². The summed E-state index contributed by atoms with van der Waals surface area (Å²) in [6.45, 7) is 0.287. The zero-order chi connectivity index (χ0) is 7.23. The molecule has 1 aromatic carbocycles. The quantitative estimate of drug-likeness (QED) is 0.707. The fourth-order valence-electron chi connectivity index (χ4n) is 0.928. The van der Waals surface area contributed by atoms with Crippen molar-refractivity contribution in [3.63, 3.8) is 0 Å². The van der Waals surface area contributed by atoms with E-state index in [0.717, 1.165) is 12.8 Å². The minimum atomic E-state index is 0. The molecule has 1 aromatic rings. The highest BCUT2D eigenvalue weighted by Crippen LogP contribution is 2.00. The highest BCUT2D eigenvalue weighted by atomic mass is 19.0. The van der Waals surface area contributed by atoms with Crippen LogP contribution in [0.3, 0.4) is 0 Å². The number of aryl methyl sites for hydroxylation is 1. The molecule has 0 spiro atoms. The molecule has 0 heterocycles. The predicted molar refractivity (Wildman–Crippen MR) is 44.4 cm³/mol. The maximum Gasteiger partial charge on any atom is 0.0434 e. The van der Waals surface area contributed by atoms with Crippen molar-refractivity contribution < 1.29 is 9.81 Å². The molecule has 0 atom stereocenters. The first-order valence-corrected chi connectivity index (χ1v) is 3.58. The van der Waals surface area contributed by atoms with Crippen LogP contribution in [-0.4, -0.2) is 11.7 Å². The number of aliphatic hydroxyl groups excluding tert-OH is 1. The van der Waals surface area contributed by atoms with Crippen LogP contribution in [0.1, 0.15) is 12.0 Å². The van der Waals surface area contributed by atoms with Gasteiger partial charge in [0.25, 0.3) is 0 Å². The fraction of sp³-hybridized carbons (Fsp3) is 0.333. The van der Waals surface area contributed by atoms with Crippen LogP contribution < -0.4 is 0 Å². The van der Waals surface area contributed by atoms with E-state index < -0.39 is 0 Å². The molecular formula is C9H13FO. The lowest BCUT2D eigenvalue weighted by Crippen LogP contribution is -1.87. The third-order valence-electron chi connectivity index (χ3n) is 1.47. The summed E-state index contributed by atoms with van der Waals surface area (Å²) >= 11 is 0. The Hall–Kier alpha value is -0.890.